The molecule has 0 aliphatic heterocycles. The highest BCUT2D eigenvalue weighted by atomic mass is 16.3. The summed E-state index contributed by atoms with van der Waals surface area (Å²) in [6.45, 7) is 9.59. The molecule has 0 bridgehead atoms. The molecule has 0 fully saturated rings. The van der Waals surface area contributed by atoms with Crippen molar-refractivity contribution in [2.45, 2.75) is 44.4 Å². The van der Waals surface area contributed by atoms with Gasteiger partial charge in [-0.3, -0.25) is 0 Å². The molecule has 0 radical (unpaired) electrons. The first-order valence-electron chi connectivity index (χ1n) is 22.3. The summed E-state index contributed by atoms with van der Waals surface area (Å²) in [4.78, 5) is 2.54. The minimum Gasteiger partial charge on any atom is -0.456 e. The molecule has 0 N–H and O–H groups in total. The average Bonchev–Trinajstić information content (AvgIpc) is 4.00. The van der Waals surface area contributed by atoms with E-state index in [1.807, 2.05) is 0 Å². The zero-order valence-corrected chi connectivity index (χ0v) is 35.9. The molecule has 63 heavy (non-hydrogen) atoms. The average molecular weight is 811 g/mol. The summed E-state index contributed by atoms with van der Waals surface area (Å²) < 4.78 is 9.17. The van der Waals surface area contributed by atoms with Crippen molar-refractivity contribution in [2.24, 2.45) is 5.92 Å². The van der Waals surface area contributed by atoms with Crippen LogP contribution in [0.4, 0.5) is 17.1 Å². The molecule has 2 atom stereocenters. The van der Waals surface area contributed by atoms with E-state index in [0.717, 1.165) is 44.6 Å². The predicted molar refractivity (Wildman–Crippen MR) is 263 cm³/mol. The molecule has 3 aliphatic rings. The van der Waals surface area contributed by atoms with E-state index in [-0.39, 0.29) is 10.8 Å². The maximum absolute atomic E-state index is 6.79. The topological polar surface area (TPSA) is 21.3 Å². The molecule has 2 aromatic heterocycles. The summed E-state index contributed by atoms with van der Waals surface area (Å²) in [7, 11) is 0. The van der Waals surface area contributed by atoms with Gasteiger partial charge in [0, 0.05) is 44.4 Å². The van der Waals surface area contributed by atoms with Crippen LogP contribution in [0.2, 0.25) is 0 Å². The van der Waals surface area contributed by atoms with Crippen molar-refractivity contribution in [3.8, 4) is 27.9 Å². The van der Waals surface area contributed by atoms with Gasteiger partial charge in [0.1, 0.15) is 11.2 Å². The number of nitrogens with zero attached hydrogens (tertiary/aromatic N) is 2. The van der Waals surface area contributed by atoms with Gasteiger partial charge in [0.2, 0.25) is 0 Å². The smallest absolute Gasteiger partial charge is 0.137 e. The molecule has 0 saturated carbocycles. The quantitative estimate of drug-likeness (QED) is 0.173. The largest absolute Gasteiger partial charge is 0.456 e. The van der Waals surface area contributed by atoms with Crippen LogP contribution in [0.15, 0.2) is 199 Å². The Balaban J connectivity index is 1.04. The van der Waals surface area contributed by atoms with Gasteiger partial charge < -0.3 is 13.9 Å². The van der Waals surface area contributed by atoms with Crippen LogP contribution in [-0.4, -0.2) is 4.57 Å². The van der Waals surface area contributed by atoms with Crippen LogP contribution >= 0.6 is 0 Å². The van der Waals surface area contributed by atoms with Gasteiger partial charge in [-0.25, -0.2) is 0 Å². The standard InChI is InChI=1S/C60H46N2O/c1-59(2)48-22-12-9-20-44(48)57-49(59)23-14-25-53(57)62(40-30-31-42-41-18-8-11-21-47(41)60(3,4)50(42)36-40)54-26-15-27-56-58(54)46-35-38(29-33-55(46)63-56)37-28-32-52-45(34-37)43-19-10-13-24-51(43)61(52)39-16-6-5-7-17-39/h5-36,41,47H,1-4H3. The first-order valence-corrected chi connectivity index (χ1v) is 22.3. The number of benzene rings is 8. The summed E-state index contributed by atoms with van der Waals surface area (Å²) in [5.41, 5.74) is 19.1. The highest BCUT2D eigenvalue weighted by Crippen LogP contribution is 2.58. The molecule has 0 saturated heterocycles. The number of allylic oxidation sites excluding steroid dienone is 4. The second-order valence-electron chi connectivity index (χ2n) is 18.9. The van der Waals surface area contributed by atoms with Crippen molar-refractivity contribution in [3.63, 3.8) is 0 Å². The Labute approximate surface area is 367 Å². The van der Waals surface area contributed by atoms with Gasteiger partial charge in [0.15, 0.2) is 0 Å². The Morgan fingerprint density at radius 3 is 2.13 bits per heavy atom. The maximum atomic E-state index is 6.79. The number of furan rings is 1. The van der Waals surface area contributed by atoms with E-state index in [1.165, 1.54) is 66.4 Å². The Kier molecular flexibility index (Phi) is 7.54. The second kappa shape index (κ2) is 13.1. The fourth-order valence-corrected chi connectivity index (χ4v) is 11.8. The van der Waals surface area contributed by atoms with Gasteiger partial charge in [-0.1, -0.05) is 149 Å². The van der Waals surface area contributed by atoms with Crippen LogP contribution in [-0.2, 0) is 10.8 Å². The van der Waals surface area contributed by atoms with E-state index in [4.69, 9.17) is 4.42 Å². The SMILES string of the molecule is CC1(C)c2ccccc2-c2c(N(c3ccc4c(c3)C(C)(C)C3C=CC=CC43)c3cccc4oc5ccc(-c6ccc7c(c6)c6ccccc6n7-c6ccccc6)cc5c34)cccc21. The van der Waals surface area contributed by atoms with E-state index in [1.54, 1.807) is 0 Å². The molecule has 0 spiro atoms. The molecule has 10 aromatic rings. The first kappa shape index (κ1) is 36.3. The number of anilines is 3. The molecule has 3 nitrogen and oxygen atoms in total. The third-order valence-electron chi connectivity index (χ3n) is 14.9. The molecule has 2 heterocycles. The summed E-state index contributed by atoms with van der Waals surface area (Å²) in [6.07, 6.45) is 9.27. The summed E-state index contributed by atoms with van der Waals surface area (Å²) in [5.74, 6) is 0.800. The molecular formula is C60H46N2O. The highest BCUT2D eigenvalue weighted by Gasteiger charge is 2.45. The second-order valence-corrected chi connectivity index (χ2v) is 18.9. The third-order valence-corrected chi connectivity index (χ3v) is 14.9. The normalized spacial score (nSPS) is 17.7. The molecule has 2 unspecified atom stereocenters. The molecule has 0 amide bonds. The van der Waals surface area contributed by atoms with Crippen LogP contribution in [0, 0.1) is 5.92 Å². The van der Waals surface area contributed by atoms with Gasteiger partial charge in [-0.2, -0.15) is 0 Å². The van der Waals surface area contributed by atoms with E-state index in [2.05, 4.69) is 231 Å². The van der Waals surface area contributed by atoms with Gasteiger partial charge in [-0.15, -0.1) is 0 Å². The van der Waals surface area contributed by atoms with Gasteiger partial charge in [0.25, 0.3) is 0 Å². The zero-order valence-electron chi connectivity index (χ0n) is 35.9. The number of aromatic nitrogens is 1. The third kappa shape index (κ3) is 5.08. The lowest BCUT2D eigenvalue weighted by molar-refractivity contribution is 0.394. The van der Waals surface area contributed by atoms with Crippen molar-refractivity contribution in [1.29, 1.82) is 0 Å². The Morgan fingerprint density at radius 1 is 0.524 bits per heavy atom. The van der Waals surface area contributed by atoms with E-state index in [0.29, 0.717) is 11.8 Å². The van der Waals surface area contributed by atoms with Crippen molar-refractivity contribution in [3.05, 3.63) is 216 Å². The Hall–Kier alpha value is -7.36. The van der Waals surface area contributed by atoms with Crippen LogP contribution < -0.4 is 4.90 Å². The van der Waals surface area contributed by atoms with Gasteiger partial charge in [-0.05, 0) is 123 Å². The predicted octanol–water partition coefficient (Wildman–Crippen LogP) is 16.2. The van der Waals surface area contributed by atoms with Crippen LogP contribution in [0.25, 0.3) is 71.7 Å². The Morgan fingerprint density at radius 2 is 1.24 bits per heavy atom. The highest BCUT2D eigenvalue weighted by molar-refractivity contribution is 6.16. The van der Waals surface area contributed by atoms with Crippen LogP contribution in [0.3, 0.4) is 0 Å². The molecule has 302 valence electrons. The molecule has 13 rings (SSSR count). The van der Waals surface area contributed by atoms with Crippen molar-refractivity contribution in [1.82, 2.24) is 4.57 Å². The van der Waals surface area contributed by atoms with E-state index < -0.39 is 0 Å². The van der Waals surface area contributed by atoms with E-state index >= 15 is 0 Å². The van der Waals surface area contributed by atoms with Gasteiger partial charge in [0.05, 0.1) is 27.8 Å². The minimum absolute atomic E-state index is 0.0338. The molecule has 3 aliphatic carbocycles. The fourth-order valence-electron chi connectivity index (χ4n) is 11.8. The number of fused-ring (bicyclic) bond motifs is 12. The lowest BCUT2D eigenvalue weighted by atomic mass is 9.74. The summed E-state index contributed by atoms with van der Waals surface area (Å²) in [5, 5.41) is 4.70. The van der Waals surface area contributed by atoms with Crippen molar-refractivity contribution < 1.29 is 4.42 Å². The Bertz CT molecular complexity index is 3590. The number of hydrogen-bond acceptors (Lipinski definition) is 2. The molecule has 3 heteroatoms. The van der Waals surface area contributed by atoms with Crippen LogP contribution in [0.1, 0.15) is 55.9 Å². The van der Waals surface area contributed by atoms with E-state index in [9.17, 15) is 0 Å². The number of rotatable bonds is 5. The van der Waals surface area contributed by atoms with Gasteiger partial charge >= 0.3 is 0 Å². The van der Waals surface area contributed by atoms with Crippen LogP contribution in [0.5, 0.6) is 0 Å². The summed E-state index contributed by atoms with van der Waals surface area (Å²) >= 11 is 0. The minimum atomic E-state index is -0.139. The summed E-state index contributed by atoms with van der Waals surface area (Å²) in [6, 6.07) is 62.9. The first-order chi connectivity index (χ1) is 30.8. The maximum Gasteiger partial charge on any atom is 0.137 e. The molecule has 8 aromatic carbocycles. The lowest BCUT2D eigenvalue weighted by Crippen LogP contribution is -2.24. The molecular weight excluding hydrogens is 765 g/mol. The number of para-hydroxylation sites is 2. The monoisotopic (exact) mass is 810 g/mol. The van der Waals surface area contributed by atoms with Crippen molar-refractivity contribution in [2.75, 3.05) is 4.90 Å². The fraction of sp³-hybridized carbons (Fsp3) is 0.133. The number of hydrogen-bond donors (Lipinski definition) is 0. The van der Waals surface area contributed by atoms with Crippen molar-refractivity contribution >= 4 is 60.8 Å². The lowest BCUT2D eigenvalue weighted by Gasteiger charge is -2.31. The zero-order chi connectivity index (χ0) is 42.2.